The number of rotatable bonds is 1. The normalized spacial score (nSPS) is 20.8. The van der Waals surface area contributed by atoms with Gasteiger partial charge in [-0.05, 0) is 19.4 Å². The SMILES string of the molecule is Fc1cc2oncc2c(F)c1C1CCCN1. The van der Waals surface area contributed by atoms with Crippen molar-refractivity contribution in [2.24, 2.45) is 0 Å². The quantitative estimate of drug-likeness (QED) is 0.808. The molecule has 0 amide bonds. The number of fused-ring (bicyclic) bond motifs is 1. The van der Waals surface area contributed by atoms with Gasteiger partial charge in [0.05, 0.1) is 11.6 Å². The summed E-state index contributed by atoms with van der Waals surface area (Å²) in [6, 6.07) is 0.958. The fourth-order valence-electron chi connectivity index (χ4n) is 2.21. The number of aromatic nitrogens is 1. The van der Waals surface area contributed by atoms with Gasteiger partial charge in [-0.3, -0.25) is 0 Å². The lowest BCUT2D eigenvalue weighted by Crippen LogP contribution is -2.16. The van der Waals surface area contributed by atoms with Crippen LogP contribution in [0.3, 0.4) is 0 Å². The molecule has 1 aliphatic heterocycles. The van der Waals surface area contributed by atoms with Crippen molar-refractivity contribution in [3.05, 3.63) is 29.5 Å². The van der Waals surface area contributed by atoms with Crippen LogP contribution in [0.15, 0.2) is 16.8 Å². The second kappa shape index (κ2) is 3.52. The molecule has 2 aromatic rings. The van der Waals surface area contributed by atoms with Crippen molar-refractivity contribution in [1.29, 1.82) is 0 Å². The first kappa shape index (κ1) is 9.72. The molecule has 1 fully saturated rings. The summed E-state index contributed by atoms with van der Waals surface area (Å²) in [6.07, 6.45) is 2.97. The Kier molecular flexibility index (Phi) is 2.14. The predicted octanol–water partition coefficient (Wildman–Crippen LogP) is 2.53. The lowest BCUT2D eigenvalue weighted by Gasteiger charge is -2.12. The van der Waals surface area contributed by atoms with Gasteiger partial charge < -0.3 is 9.84 Å². The zero-order valence-electron chi connectivity index (χ0n) is 8.46. The Hall–Kier alpha value is -1.49. The number of nitrogens with one attached hydrogen (secondary N) is 1. The fraction of sp³-hybridized carbons (Fsp3) is 0.364. The topological polar surface area (TPSA) is 38.1 Å². The molecule has 1 unspecified atom stereocenters. The minimum absolute atomic E-state index is 0.105. The summed E-state index contributed by atoms with van der Waals surface area (Å²) in [7, 11) is 0. The van der Waals surface area contributed by atoms with E-state index in [4.69, 9.17) is 4.52 Å². The smallest absolute Gasteiger partial charge is 0.172 e. The highest BCUT2D eigenvalue weighted by molar-refractivity contribution is 5.77. The Morgan fingerprint density at radius 3 is 3.06 bits per heavy atom. The second-order valence-corrected chi connectivity index (χ2v) is 3.97. The first-order chi connectivity index (χ1) is 7.77. The van der Waals surface area contributed by atoms with Crippen molar-refractivity contribution < 1.29 is 13.3 Å². The summed E-state index contributed by atoms with van der Waals surface area (Å²) in [4.78, 5) is 0. The van der Waals surface area contributed by atoms with E-state index in [1.54, 1.807) is 0 Å². The predicted molar refractivity (Wildman–Crippen MR) is 53.9 cm³/mol. The largest absolute Gasteiger partial charge is 0.356 e. The second-order valence-electron chi connectivity index (χ2n) is 3.97. The Labute approximate surface area is 90.4 Å². The van der Waals surface area contributed by atoms with Crippen LogP contribution >= 0.6 is 0 Å². The van der Waals surface area contributed by atoms with E-state index < -0.39 is 11.6 Å². The van der Waals surface area contributed by atoms with Crippen LogP contribution in [0, 0.1) is 11.6 Å². The van der Waals surface area contributed by atoms with E-state index in [9.17, 15) is 8.78 Å². The van der Waals surface area contributed by atoms with E-state index in [1.165, 1.54) is 12.3 Å². The minimum Gasteiger partial charge on any atom is -0.356 e. The molecule has 0 spiro atoms. The van der Waals surface area contributed by atoms with Gasteiger partial charge in [-0.2, -0.15) is 0 Å². The van der Waals surface area contributed by atoms with Gasteiger partial charge in [0, 0.05) is 17.7 Å². The molecule has 0 bridgehead atoms. The maximum Gasteiger partial charge on any atom is 0.172 e. The highest BCUT2D eigenvalue weighted by atomic mass is 19.1. The van der Waals surface area contributed by atoms with E-state index in [1.807, 2.05) is 0 Å². The van der Waals surface area contributed by atoms with E-state index in [2.05, 4.69) is 10.5 Å². The van der Waals surface area contributed by atoms with Gasteiger partial charge >= 0.3 is 0 Å². The molecule has 84 valence electrons. The van der Waals surface area contributed by atoms with Crippen molar-refractivity contribution in [2.45, 2.75) is 18.9 Å². The summed E-state index contributed by atoms with van der Waals surface area (Å²) >= 11 is 0. The van der Waals surface area contributed by atoms with Crippen molar-refractivity contribution >= 4 is 11.0 Å². The molecule has 1 aromatic carbocycles. The van der Waals surface area contributed by atoms with Gasteiger partial charge in [0.2, 0.25) is 0 Å². The first-order valence-electron chi connectivity index (χ1n) is 5.23. The van der Waals surface area contributed by atoms with Crippen molar-refractivity contribution in [3.8, 4) is 0 Å². The third kappa shape index (κ3) is 1.31. The molecule has 1 aromatic heterocycles. The summed E-state index contributed by atoms with van der Waals surface area (Å²) in [6.45, 7) is 0.797. The summed E-state index contributed by atoms with van der Waals surface area (Å²) in [5.74, 6) is -1.13. The van der Waals surface area contributed by atoms with Crippen LogP contribution in [0.2, 0.25) is 0 Å². The van der Waals surface area contributed by atoms with Crippen LogP contribution in [0.1, 0.15) is 24.4 Å². The number of nitrogens with zero attached hydrogens (tertiary/aromatic N) is 1. The minimum atomic E-state index is -0.568. The third-order valence-electron chi connectivity index (χ3n) is 3.00. The summed E-state index contributed by atoms with van der Waals surface area (Å²) < 4.78 is 32.5. The van der Waals surface area contributed by atoms with E-state index in [-0.39, 0.29) is 22.6 Å². The van der Waals surface area contributed by atoms with Gasteiger partial charge in [0.25, 0.3) is 0 Å². The van der Waals surface area contributed by atoms with Gasteiger partial charge in [0.1, 0.15) is 11.6 Å². The third-order valence-corrected chi connectivity index (χ3v) is 3.00. The van der Waals surface area contributed by atoms with E-state index in [0.29, 0.717) is 0 Å². The fourth-order valence-corrected chi connectivity index (χ4v) is 2.21. The van der Waals surface area contributed by atoms with Gasteiger partial charge in [-0.25, -0.2) is 8.78 Å². The molecular weight excluding hydrogens is 214 g/mol. The highest BCUT2D eigenvalue weighted by Crippen LogP contribution is 2.32. The van der Waals surface area contributed by atoms with Crippen LogP contribution in [0.25, 0.3) is 11.0 Å². The zero-order chi connectivity index (χ0) is 11.1. The molecule has 0 radical (unpaired) electrons. The highest BCUT2D eigenvalue weighted by Gasteiger charge is 2.25. The molecule has 2 heterocycles. The Bertz CT molecular complexity index is 532. The number of hydrogen-bond acceptors (Lipinski definition) is 3. The van der Waals surface area contributed by atoms with E-state index >= 15 is 0 Å². The summed E-state index contributed by atoms with van der Waals surface area (Å²) in [5, 5.41) is 6.79. The molecule has 5 heteroatoms. The van der Waals surface area contributed by atoms with Gasteiger partial charge in [-0.15, -0.1) is 0 Å². The molecule has 1 aliphatic rings. The molecular formula is C11H10F2N2O. The van der Waals surface area contributed by atoms with Crippen molar-refractivity contribution in [3.63, 3.8) is 0 Å². The average molecular weight is 224 g/mol. The molecule has 3 nitrogen and oxygen atoms in total. The first-order valence-corrected chi connectivity index (χ1v) is 5.23. The van der Waals surface area contributed by atoms with Crippen LogP contribution in [-0.4, -0.2) is 11.7 Å². The van der Waals surface area contributed by atoms with Crippen LogP contribution < -0.4 is 5.32 Å². The van der Waals surface area contributed by atoms with Gasteiger partial charge in [0.15, 0.2) is 5.58 Å². The van der Waals surface area contributed by atoms with Crippen LogP contribution in [-0.2, 0) is 0 Å². The maximum atomic E-state index is 14.0. The Morgan fingerprint density at radius 1 is 1.44 bits per heavy atom. The molecule has 1 atom stereocenters. The van der Waals surface area contributed by atoms with Crippen LogP contribution in [0.4, 0.5) is 8.78 Å². The average Bonchev–Trinajstić information content (AvgIpc) is 2.87. The molecule has 1 saturated heterocycles. The number of halogens is 2. The van der Waals surface area contributed by atoms with E-state index in [0.717, 1.165) is 19.4 Å². The number of benzene rings is 1. The maximum absolute atomic E-state index is 14.0. The molecule has 16 heavy (non-hydrogen) atoms. The van der Waals surface area contributed by atoms with Crippen molar-refractivity contribution in [1.82, 2.24) is 10.5 Å². The molecule has 0 saturated carbocycles. The lowest BCUT2D eigenvalue weighted by molar-refractivity contribution is 0.452. The monoisotopic (exact) mass is 224 g/mol. The lowest BCUT2D eigenvalue weighted by atomic mass is 10.0. The van der Waals surface area contributed by atoms with Crippen molar-refractivity contribution in [2.75, 3.05) is 6.54 Å². The summed E-state index contributed by atoms with van der Waals surface area (Å²) in [5.41, 5.74) is 0.255. The molecule has 3 rings (SSSR count). The Morgan fingerprint density at radius 2 is 2.31 bits per heavy atom. The molecule has 1 N–H and O–H groups in total. The van der Waals surface area contributed by atoms with Crippen LogP contribution in [0.5, 0.6) is 0 Å². The standard InChI is InChI=1S/C11H10F2N2O/c12-7-4-9-6(5-15-16-9)11(13)10(7)8-2-1-3-14-8/h4-5,8,14H,1-3H2. The zero-order valence-corrected chi connectivity index (χ0v) is 8.46. The molecule has 0 aliphatic carbocycles. The number of hydrogen-bond donors (Lipinski definition) is 1. The Balaban J connectivity index is 2.21. The van der Waals surface area contributed by atoms with Gasteiger partial charge in [-0.1, -0.05) is 5.16 Å².